The van der Waals surface area contributed by atoms with Crippen LogP contribution < -0.4 is 9.47 Å². The maximum absolute atomic E-state index is 9.65. The molecule has 0 unspecified atom stereocenters. The Kier molecular flexibility index (Phi) is 7.73. The predicted molar refractivity (Wildman–Crippen MR) is 126 cm³/mol. The van der Waals surface area contributed by atoms with Crippen LogP contribution in [-0.4, -0.2) is 6.61 Å². The second-order valence-corrected chi connectivity index (χ2v) is 7.83. The molecule has 0 heterocycles. The van der Waals surface area contributed by atoms with Crippen LogP contribution in [0.3, 0.4) is 0 Å². The minimum atomic E-state index is 0.357. The Morgan fingerprint density at radius 2 is 1.84 bits per heavy atom. The molecule has 3 aromatic carbocycles. The highest BCUT2D eigenvalue weighted by atomic mass is 79.9. The summed E-state index contributed by atoms with van der Waals surface area (Å²) < 4.78 is 12.5. The van der Waals surface area contributed by atoms with Gasteiger partial charge in [0.05, 0.1) is 34.4 Å². The van der Waals surface area contributed by atoms with Gasteiger partial charge in [0.25, 0.3) is 0 Å². The topological polar surface area (TPSA) is 66.0 Å². The van der Waals surface area contributed by atoms with Gasteiger partial charge in [-0.15, -0.1) is 0 Å². The summed E-state index contributed by atoms with van der Waals surface area (Å²) in [6.45, 7) is 2.72. The van der Waals surface area contributed by atoms with E-state index < -0.39 is 0 Å². The highest BCUT2D eigenvalue weighted by molar-refractivity contribution is 9.10. The second-order valence-electron chi connectivity index (χ2n) is 6.54. The molecule has 0 bridgehead atoms. The fourth-order valence-corrected chi connectivity index (χ4v) is 3.61. The number of rotatable bonds is 7. The van der Waals surface area contributed by atoms with Crippen molar-refractivity contribution in [3.05, 3.63) is 92.4 Å². The van der Waals surface area contributed by atoms with E-state index in [4.69, 9.17) is 26.3 Å². The number of nitriles is 2. The minimum absolute atomic E-state index is 0.357. The van der Waals surface area contributed by atoms with Gasteiger partial charge in [0.15, 0.2) is 11.5 Å². The number of halogens is 2. The zero-order chi connectivity index (χ0) is 22.2. The smallest absolute Gasteiger partial charge is 0.175 e. The maximum atomic E-state index is 9.65. The Hall–Kier alpha value is -3.25. The summed E-state index contributed by atoms with van der Waals surface area (Å²) in [6.07, 6.45) is 1.76. The van der Waals surface area contributed by atoms with Crippen LogP contribution in [0, 0.1) is 22.7 Å². The van der Waals surface area contributed by atoms with E-state index in [1.807, 2.05) is 43.3 Å². The van der Waals surface area contributed by atoms with E-state index in [9.17, 15) is 5.26 Å². The van der Waals surface area contributed by atoms with E-state index in [0.29, 0.717) is 50.9 Å². The van der Waals surface area contributed by atoms with Crippen molar-refractivity contribution in [2.45, 2.75) is 13.5 Å². The van der Waals surface area contributed by atoms with Crippen molar-refractivity contribution in [3.8, 4) is 23.6 Å². The van der Waals surface area contributed by atoms with Gasteiger partial charge in [-0.25, -0.2) is 0 Å². The minimum Gasteiger partial charge on any atom is -0.490 e. The number of hydrogen-bond acceptors (Lipinski definition) is 4. The highest BCUT2D eigenvalue weighted by Gasteiger charge is 2.13. The van der Waals surface area contributed by atoms with Gasteiger partial charge in [-0.3, -0.25) is 0 Å². The molecule has 0 saturated carbocycles. The number of ether oxygens (including phenoxy) is 2. The van der Waals surface area contributed by atoms with Crippen LogP contribution in [0.1, 0.15) is 29.2 Å². The molecule has 6 heteroatoms. The summed E-state index contributed by atoms with van der Waals surface area (Å²) in [5.74, 6) is 1.15. The molecule has 0 aliphatic heterocycles. The molecule has 0 N–H and O–H groups in total. The zero-order valence-electron chi connectivity index (χ0n) is 16.7. The van der Waals surface area contributed by atoms with Crippen molar-refractivity contribution >= 4 is 39.2 Å². The maximum Gasteiger partial charge on any atom is 0.175 e. The highest BCUT2D eigenvalue weighted by Crippen LogP contribution is 2.38. The molecule has 0 amide bonds. The normalized spacial score (nSPS) is 10.8. The summed E-state index contributed by atoms with van der Waals surface area (Å²) in [4.78, 5) is 0. The fourth-order valence-electron chi connectivity index (χ4n) is 2.91. The van der Waals surface area contributed by atoms with Gasteiger partial charge in [-0.05, 0) is 82.0 Å². The fraction of sp³-hybridized carbons (Fsp3) is 0.120. The summed E-state index contributed by atoms with van der Waals surface area (Å²) in [6, 6.07) is 22.4. The van der Waals surface area contributed by atoms with Crippen LogP contribution in [-0.2, 0) is 6.61 Å². The lowest BCUT2D eigenvalue weighted by molar-refractivity contribution is 0.267. The third-order valence-electron chi connectivity index (χ3n) is 4.36. The van der Waals surface area contributed by atoms with Crippen LogP contribution in [0.15, 0.2) is 65.1 Å². The van der Waals surface area contributed by atoms with E-state index in [-0.39, 0.29) is 0 Å². The van der Waals surface area contributed by atoms with Crippen molar-refractivity contribution in [2.75, 3.05) is 6.61 Å². The van der Waals surface area contributed by atoms with Gasteiger partial charge >= 0.3 is 0 Å². The molecule has 0 aliphatic rings. The van der Waals surface area contributed by atoms with Gasteiger partial charge in [-0.2, -0.15) is 10.5 Å². The van der Waals surface area contributed by atoms with E-state index >= 15 is 0 Å². The lowest BCUT2D eigenvalue weighted by Gasteiger charge is -2.15. The van der Waals surface area contributed by atoms with Crippen molar-refractivity contribution in [3.63, 3.8) is 0 Å². The molecule has 0 fully saturated rings. The van der Waals surface area contributed by atoms with Crippen molar-refractivity contribution in [2.24, 2.45) is 0 Å². The first kappa shape index (κ1) is 22.4. The molecule has 3 aromatic rings. The first-order valence-electron chi connectivity index (χ1n) is 9.50. The first-order chi connectivity index (χ1) is 15.0. The Balaban J connectivity index is 1.93. The van der Waals surface area contributed by atoms with Gasteiger partial charge in [0, 0.05) is 5.02 Å². The molecule has 0 aliphatic carbocycles. The van der Waals surface area contributed by atoms with E-state index in [1.54, 1.807) is 30.3 Å². The lowest BCUT2D eigenvalue weighted by Crippen LogP contribution is -2.01. The molecule has 3 rings (SSSR count). The molecule has 0 radical (unpaired) electrons. The average molecular weight is 494 g/mol. The standard InChI is InChI=1S/C25H18BrClN2O2/c1-2-30-24-13-19(11-21(15-29)20-5-3-4-18(10-20)14-28)12-23(26)25(24)31-16-17-6-8-22(27)9-7-17/h3-13H,2,16H2,1H3/b21-11-. The first-order valence-corrected chi connectivity index (χ1v) is 10.7. The van der Waals surface area contributed by atoms with Crippen molar-refractivity contribution in [1.82, 2.24) is 0 Å². The van der Waals surface area contributed by atoms with Crippen LogP contribution in [0.2, 0.25) is 5.02 Å². The Morgan fingerprint density at radius 3 is 2.52 bits per heavy atom. The molecule has 0 saturated heterocycles. The summed E-state index contributed by atoms with van der Waals surface area (Å²) in [5, 5.41) is 19.4. The van der Waals surface area contributed by atoms with Crippen molar-refractivity contribution in [1.29, 1.82) is 10.5 Å². The Bertz CT molecular complexity index is 1190. The summed E-state index contributed by atoms with van der Waals surface area (Å²) >= 11 is 9.50. The monoisotopic (exact) mass is 492 g/mol. The second kappa shape index (κ2) is 10.7. The number of benzene rings is 3. The van der Waals surface area contributed by atoms with Gasteiger partial charge < -0.3 is 9.47 Å². The number of hydrogen-bond donors (Lipinski definition) is 0. The van der Waals surface area contributed by atoms with Crippen LogP contribution in [0.5, 0.6) is 11.5 Å². The molecule has 0 aromatic heterocycles. The van der Waals surface area contributed by atoms with E-state index in [2.05, 4.69) is 28.1 Å². The van der Waals surface area contributed by atoms with Crippen LogP contribution in [0.4, 0.5) is 0 Å². The lowest BCUT2D eigenvalue weighted by atomic mass is 10.0. The van der Waals surface area contributed by atoms with Crippen LogP contribution >= 0.6 is 27.5 Å². The zero-order valence-corrected chi connectivity index (χ0v) is 19.1. The Labute approximate surface area is 195 Å². The molecule has 154 valence electrons. The van der Waals surface area contributed by atoms with Gasteiger partial charge in [-0.1, -0.05) is 35.9 Å². The molecule has 0 spiro atoms. The third-order valence-corrected chi connectivity index (χ3v) is 5.20. The molecule has 0 atom stereocenters. The number of allylic oxidation sites excluding steroid dienone is 1. The number of nitrogens with zero attached hydrogens (tertiary/aromatic N) is 2. The van der Waals surface area contributed by atoms with Gasteiger partial charge in [0.2, 0.25) is 0 Å². The predicted octanol–water partition coefficient (Wildman–Crippen LogP) is 7.02. The van der Waals surface area contributed by atoms with E-state index in [1.165, 1.54) is 0 Å². The largest absolute Gasteiger partial charge is 0.490 e. The SMILES string of the molecule is CCOc1cc(/C=C(/C#N)c2cccc(C#N)c2)cc(Br)c1OCc1ccc(Cl)cc1. The van der Waals surface area contributed by atoms with Gasteiger partial charge in [0.1, 0.15) is 6.61 Å². The average Bonchev–Trinajstić information content (AvgIpc) is 2.78. The molecular formula is C25H18BrClN2O2. The summed E-state index contributed by atoms with van der Waals surface area (Å²) in [7, 11) is 0. The summed E-state index contributed by atoms with van der Waals surface area (Å²) in [5.41, 5.74) is 3.38. The Morgan fingerprint density at radius 1 is 1.06 bits per heavy atom. The van der Waals surface area contributed by atoms with Crippen LogP contribution in [0.25, 0.3) is 11.6 Å². The van der Waals surface area contributed by atoms with Crippen molar-refractivity contribution < 1.29 is 9.47 Å². The molecule has 31 heavy (non-hydrogen) atoms. The van der Waals surface area contributed by atoms with E-state index in [0.717, 1.165) is 11.1 Å². The molecule has 4 nitrogen and oxygen atoms in total. The molecular weight excluding hydrogens is 476 g/mol. The third kappa shape index (κ3) is 5.89. The quantitative estimate of drug-likeness (QED) is 0.262.